The van der Waals surface area contributed by atoms with Gasteiger partial charge in [-0.05, 0) is 24.6 Å². The number of benzene rings is 1. The Kier molecular flexibility index (Phi) is 2.78. The number of hydrogen-bond acceptors (Lipinski definition) is 4. The maximum atomic E-state index is 12.2. The summed E-state index contributed by atoms with van der Waals surface area (Å²) in [6, 6.07) is 6.58. The zero-order valence-electron chi connectivity index (χ0n) is 10.8. The number of carbonyl (C=O) groups excluding carboxylic acids is 1. The summed E-state index contributed by atoms with van der Waals surface area (Å²) in [5.74, 6) is 0.263. The number of amides is 1. The first-order valence-corrected chi connectivity index (χ1v) is 6.24. The second kappa shape index (κ2) is 4.48. The van der Waals surface area contributed by atoms with Crippen molar-refractivity contribution in [1.82, 2.24) is 9.97 Å². The van der Waals surface area contributed by atoms with E-state index in [0.29, 0.717) is 17.2 Å². The number of nitrogens with zero attached hydrogens (tertiary/aromatic N) is 1. The second-order valence-electron chi connectivity index (χ2n) is 4.81. The van der Waals surface area contributed by atoms with Crippen molar-refractivity contribution < 1.29 is 9.90 Å². The number of carbonyl (C=O) groups is 1. The minimum atomic E-state index is -0.400. The van der Waals surface area contributed by atoms with Crippen molar-refractivity contribution in [2.45, 2.75) is 19.3 Å². The average Bonchev–Trinajstić information content (AvgIpc) is 2.36. The number of anilines is 1. The zero-order valence-corrected chi connectivity index (χ0v) is 10.8. The number of phenolic OH excluding ortho intramolecular Hbond substituents is 1. The molecule has 2 aromatic rings. The summed E-state index contributed by atoms with van der Waals surface area (Å²) in [4.78, 5) is 30.8. The lowest BCUT2D eigenvalue weighted by molar-refractivity contribution is -0.116. The van der Waals surface area contributed by atoms with Crippen LogP contribution in [0.5, 0.6) is 5.75 Å². The molecule has 1 aromatic carbocycles. The molecule has 0 aliphatic carbocycles. The van der Waals surface area contributed by atoms with E-state index in [4.69, 9.17) is 0 Å². The van der Waals surface area contributed by atoms with E-state index in [0.717, 1.165) is 5.56 Å². The summed E-state index contributed by atoms with van der Waals surface area (Å²) in [5.41, 5.74) is 0.888. The normalized spacial score (nSPS) is 17.4. The van der Waals surface area contributed by atoms with Gasteiger partial charge in [-0.25, -0.2) is 4.98 Å². The highest BCUT2D eigenvalue weighted by atomic mass is 16.3. The van der Waals surface area contributed by atoms with E-state index in [2.05, 4.69) is 15.3 Å². The van der Waals surface area contributed by atoms with Crippen LogP contribution >= 0.6 is 0 Å². The molecule has 1 aromatic heterocycles. The Morgan fingerprint density at radius 2 is 2.15 bits per heavy atom. The molecule has 0 fully saturated rings. The number of aromatic hydroxyl groups is 1. The van der Waals surface area contributed by atoms with Crippen LogP contribution in [0.25, 0.3) is 0 Å². The molecule has 1 aliphatic rings. The lowest BCUT2D eigenvalue weighted by Gasteiger charge is -2.24. The van der Waals surface area contributed by atoms with Gasteiger partial charge in [-0.1, -0.05) is 12.1 Å². The molecule has 102 valence electrons. The number of rotatable bonds is 1. The highest BCUT2D eigenvalue weighted by Crippen LogP contribution is 2.34. The number of aryl methyl sites for hydroxylation is 1. The maximum absolute atomic E-state index is 12.2. The molecule has 0 radical (unpaired) electrons. The number of nitrogens with one attached hydrogen (secondary N) is 2. The van der Waals surface area contributed by atoms with Gasteiger partial charge in [0.2, 0.25) is 5.91 Å². The van der Waals surface area contributed by atoms with Crippen LogP contribution < -0.4 is 10.9 Å². The molecule has 6 heteroatoms. The molecule has 6 nitrogen and oxygen atoms in total. The fourth-order valence-electron chi connectivity index (χ4n) is 2.51. The van der Waals surface area contributed by atoms with Gasteiger partial charge in [0, 0.05) is 12.3 Å². The predicted molar refractivity (Wildman–Crippen MR) is 72.8 cm³/mol. The number of fused-ring (bicyclic) bond motifs is 1. The van der Waals surface area contributed by atoms with Gasteiger partial charge in [0.05, 0.1) is 5.56 Å². The van der Waals surface area contributed by atoms with Crippen LogP contribution in [-0.4, -0.2) is 21.0 Å². The molecule has 0 spiro atoms. The molecular formula is C14H13N3O3. The molecule has 0 saturated carbocycles. The highest BCUT2D eigenvalue weighted by Gasteiger charge is 2.30. The number of H-pyrrole nitrogens is 1. The highest BCUT2D eigenvalue weighted by molar-refractivity contribution is 5.94. The van der Waals surface area contributed by atoms with Gasteiger partial charge < -0.3 is 15.4 Å². The van der Waals surface area contributed by atoms with Gasteiger partial charge >= 0.3 is 0 Å². The fourth-order valence-corrected chi connectivity index (χ4v) is 2.51. The summed E-state index contributed by atoms with van der Waals surface area (Å²) >= 11 is 0. The third-order valence-electron chi connectivity index (χ3n) is 3.34. The standard InChI is InChI=1S/C14H13N3O3/c1-7-15-13-12(14(20)16-7)10(6-11(19)17-13)8-3-2-4-9(18)5-8/h2-5,10,18H,6H2,1H3,(H2,15,16,17,19,20)/t10-/m1/s1. The van der Waals surface area contributed by atoms with Crippen LogP contribution in [0.1, 0.15) is 29.3 Å². The number of aromatic amines is 1. The molecule has 0 saturated heterocycles. The molecule has 2 heterocycles. The van der Waals surface area contributed by atoms with E-state index in [1.807, 2.05) is 0 Å². The minimum absolute atomic E-state index is 0.103. The van der Waals surface area contributed by atoms with Gasteiger partial charge in [-0.2, -0.15) is 0 Å². The lowest BCUT2D eigenvalue weighted by atomic mass is 9.87. The van der Waals surface area contributed by atoms with Crippen LogP contribution in [0.15, 0.2) is 29.1 Å². The van der Waals surface area contributed by atoms with Crippen LogP contribution in [0.3, 0.4) is 0 Å². The smallest absolute Gasteiger partial charge is 0.256 e. The Labute approximate surface area is 114 Å². The molecule has 1 atom stereocenters. The van der Waals surface area contributed by atoms with Crippen molar-refractivity contribution >= 4 is 11.7 Å². The van der Waals surface area contributed by atoms with Gasteiger partial charge in [-0.15, -0.1) is 0 Å². The Morgan fingerprint density at radius 3 is 2.90 bits per heavy atom. The summed E-state index contributed by atoms with van der Waals surface area (Å²) in [6.45, 7) is 1.66. The fraction of sp³-hybridized carbons (Fsp3) is 0.214. The van der Waals surface area contributed by atoms with Crippen molar-refractivity contribution in [2.75, 3.05) is 5.32 Å². The van der Waals surface area contributed by atoms with E-state index in [9.17, 15) is 14.7 Å². The molecular weight excluding hydrogens is 258 g/mol. The summed E-state index contributed by atoms with van der Waals surface area (Å²) in [5, 5.41) is 12.2. The third kappa shape index (κ3) is 2.05. The largest absolute Gasteiger partial charge is 0.508 e. The van der Waals surface area contributed by atoms with Crippen LogP contribution in [0, 0.1) is 6.92 Å². The van der Waals surface area contributed by atoms with E-state index in [1.54, 1.807) is 31.2 Å². The molecule has 1 aliphatic heterocycles. The summed E-state index contributed by atoms with van der Waals surface area (Å²) < 4.78 is 0. The van der Waals surface area contributed by atoms with Crippen molar-refractivity contribution in [3.05, 3.63) is 51.6 Å². The van der Waals surface area contributed by atoms with E-state index >= 15 is 0 Å². The van der Waals surface area contributed by atoms with Gasteiger partial charge in [0.15, 0.2) is 0 Å². The van der Waals surface area contributed by atoms with Gasteiger partial charge in [0.1, 0.15) is 17.4 Å². The van der Waals surface area contributed by atoms with Crippen molar-refractivity contribution in [3.63, 3.8) is 0 Å². The number of phenols is 1. The number of aromatic nitrogens is 2. The third-order valence-corrected chi connectivity index (χ3v) is 3.34. The molecule has 0 unspecified atom stereocenters. The quantitative estimate of drug-likeness (QED) is 0.727. The first kappa shape index (κ1) is 12.4. The van der Waals surface area contributed by atoms with Crippen molar-refractivity contribution in [2.24, 2.45) is 0 Å². The Balaban J connectivity index is 2.20. The van der Waals surface area contributed by atoms with Gasteiger partial charge in [0.25, 0.3) is 5.56 Å². The van der Waals surface area contributed by atoms with Crippen molar-refractivity contribution in [1.29, 1.82) is 0 Å². The lowest BCUT2D eigenvalue weighted by Crippen LogP contribution is -2.31. The summed E-state index contributed by atoms with van der Waals surface area (Å²) in [6.07, 6.45) is 0.157. The minimum Gasteiger partial charge on any atom is -0.508 e. The van der Waals surface area contributed by atoms with Crippen LogP contribution in [0.2, 0.25) is 0 Å². The summed E-state index contributed by atoms with van der Waals surface area (Å²) in [7, 11) is 0. The Morgan fingerprint density at radius 1 is 1.35 bits per heavy atom. The zero-order chi connectivity index (χ0) is 14.3. The van der Waals surface area contributed by atoms with Crippen LogP contribution in [-0.2, 0) is 4.79 Å². The Hall–Kier alpha value is -2.63. The predicted octanol–water partition coefficient (Wildman–Crippen LogP) is 1.26. The molecule has 3 N–H and O–H groups in total. The van der Waals surface area contributed by atoms with Crippen LogP contribution in [0.4, 0.5) is 5.82 Å². The molecule has 3 rings (SSSR count). The molecule has 0 bridgehead atoms. The van der Waals surface area contributed by atoms with E-state index in [1.165, 1.54) is 0 Å². The van der Waals surface area contributed by atoms with Gasteiger partial charge in [-0.3, -0.25) is 9.59 Å². The first-order valence-electron chi connectivity index (χ1n) is 6.24. The van der Waals surface area contributed by atoms with Crippen molar-refractivity contribution in [3.8, 4) is 5.75 Å². The first-order chi connectivity index (χ1) is 9.54. The Bertz CT molecular complexity index is 752. The average molecular weight is 271 g/mol. The van der Waals surface area contributed by atoms with E-state index < -0.39 is 5.92 Å². The monoisotopic (exact) mass is 271 g/mol. The molecule has 1 amide bonds. The SMILES string of the molecule is Cc1nc2c(c(=O)[nH]1)[C@@H](c1cccc(O)c1)CC(=O)N2. The van der Waals surface area contributed by atoms with E-state index in [-0.39, 0.29) is 23.6 Å². The maximum Gasteiger partial charge on any atom is 0.256 e. The number of hydrogen-bond donors (Lipinski definition) is 3. The second-order valence-corrected chi connectivity index (χ2v) is 4.81. The topological polar surface area (TPSA) is 95.1 Å². The molecule has 20 heavy (non-hydrogen) atoms.